The smallest absolute Gasteiger partial charge is 0.466 e. The topological polar surface area (TPSA) is 98.0 Å². The molecule has 0 unspecified atom stereocenters. The number of hydrogen-bond acceptors (Lipinski definition) is 2. The number of aliphatic hydroxyl groups excluding tert-OH is 1. The van der Waals surface area contributed by atoms with Crippen molar-refractivity contribution < 1.29 is 43.8 Å². The first-order valence-corrected chi connectivity index (χ1v) is 2.66. The number of rotatable bonds is 0. The largest absolute Gasteiger partial charge is 0.569 e. The zero-order valence-corrected chi connectivity index (χ0v) is 7.92. The van der Waals surface area contributed by atoms with Gasteiger partial charge in [-0.3, -0.25) is 0 Å². The third-order valence-corrected chi connectivity index (χ3v) is 0. The van der Waals surface area contributed by atoms with Crippen molar-refractivity contribution in [3.63, 3.8) is 0 Å². The first-order chi connectivity index (χ1) is 3.00. The van der Waals surface area contributed by atoms with E-state index >= 15 is 0 Å². The molecule has 0 radical (unpaired) electrons. The van der Waals surface area contributed by atoms with Gasteiger partial charge in [0.1, 0.15) is 0 Å². The molecule has 8 heavy (non-hydrogen) atoms. The molecule has 0 spiro atoms. The fourth-order valence-electron chi connectivity index (χ4n) is 0. The average Bonchev–Trinajstić information content (AvgIpc) is 1.36. The molecule has 0 atom stereocenters. The summed E-state index contributed by atoms with van der Waals surface area (Å²) in [5, 5.41) is 6.75. The van der Waals surface area contributed by atoms with E-state index in [9.17, 15) is 0 Å². The van der Waals surface area contributed by atoms with Crippen molar-refractivity contribution in [2.45, 2.75) is 0 Å². The summed E-state index contributed by atoms with van der Waals surface area (Å²) >= 11 is 0. The van der Waals surface area contributed by atoms with E-state index < -0.39 is 7.82 Å². The average molecular weight is 194 g/mol. The first-order valence-electron chi connectivity index (χ1n) is 1.10. The van der Waals surface area contributed by atoms with Crippen molar-refractivity contribution in [2.75, 3.05) is 0 Å². The normalized spacial score (nSPS) is 8.12. The van der Waals surface area contributed by atoms with E-state index in [2.05, 4.69) is 7.11 Å². The molecule has 5 nitrogen and oxygen atoms in total. The van der Waals surface area contributed by atoms with Crippen LogP contribution in [-0.2, 0) is 24.0 Å². The Hall–Kier alpha value is 0.693. The van der Waals surface area contributed by atoms with Crippen molar-refractivity contribution >= 4 is 7.82 Å². The molecular formula is CH6O5PZn-. The molecule has 0 bridgehead atoms. The van der Waals surface area contributed by atoms with Crippen molar-refractivity contribution in [3.8, 4) is 0 Å². The Kier molecular flexibility index (Phi) is 15.3. The summed E-state index contributed by atoms with van der Waals surface area (Å²) in [4.78, 5) is 21.6. The van der Waals surface area contributed by atoms with E-state index in [0.717, 1.165) is 0 Å². The molecule has 0 fully saturated rings. The minimum absolute atomic E-state index is 0. The minimum Gasteiger partial charge on any atom is -0.569 e. The van der Waals surface area contributed by atoms with Crippen LogP contribution in [0.1, 0.15) is 0 Å². The third kappa shape index (κ3) is 451. The van der Waals surface area contributed by atoms with Gasteiger partial charge in [0.2, 0.25) is 0 Å². The molecule has 7 heteroatoms. The van der Waals surface area contributed by atoms with E-state index in [-0.39, 0.29) is 19.5 Å². The van der Waals surface area contributed by atoms with E-state index in [1.807, 2.05) is 0 Å². The predicted octanol–water partition coefficient (Wildman–Crippen LogP) is -0.781. The van der Waals surface area contributed by atoms with Gasteiger partial charge in [0, 0.05) is 19.5 Å². The molecule has 0 aromatic rings. The SMILES string of the molecule is O=P(O)(O)O.[CH2-]O.[Zn]. The summed E-state index contributed by atoms with van der Waals surface area (Å²) in [5.74, 6) is 0. The molecule has 0 aliphatic heterocycles. The van der Waals surface area contributed by atoms with E-state index in [0.29, 0.717) is 0 Å². The van der Waals surface area contributed by atoms with Crippen molar-refractivity contribution in [3.05, 3.63) is 7.11 Å². The molecule has 4 N–H and O–H groups in total. The van der Waals surface area contributed by atoms with Crippen molar-refractivity contribution in [2.24, 2.45) is 0 Å². The second-order valence-electron chi connectivity index (χ2n) is 0.513. The second kappa shape index (κ2) is 7.69. The van der Waals surface area contributed by atoms with Gasteiger partial charge in [-0.1, -0.05) is 0 Å². The Balaban J connectivity index is -0.0000000750. The Labute approximate surface area is 59.4 Å². The summed E-state index contributed by atoms with van der Waals surface area (Å²) in [7, 11) is -2.39. The minimum atomic E-state index is -4.64. The van der Waals surface area contributed by atoms with E-state index in [1.54, 1.807) is 0 Å². The maximum absolute atomic E-state index is 8.88. The predicted molar refractivity (Wildman–Crippen MR) is 21.6 cm³/mol. The third-order valence-electron chi connectivity index (χ3n) is 0. The Morgan fingerprint density at radius 2 is 1.12 bits per heavy atom. The van der Waals surface area contributed by atoms with Crippen molar-refractivity contribution in [1.82, 2.24) is 0 Å². The van der Waals surface area contributed by atoms with Gasteiger partial charge >= 0.3 is 7.82 Å². The van der Waals surface area contributed by atoms with Crippen LogP contribution in [0.15, 0.2) is 0 Å². The van der Waals surface area contributed by atoms with Crippen LogP contribution in [0.5, 0.6) is 0 Å². The molecular weight excluding hydrogens is 188 g/mol. The standard InChI is InChI=1S/CH3O.H3O4P.Zn/c1-2;1-5(2,3)4;/h2H,1H2;(H3,1,2,3,4);/q-1;;. The summed E-state index contributed by atoms with van der Waals surface area (Å²) in [6.45, 7) is 0. The van der Waals surface area contributed by atoms with Crippen LogP contribution in [0, 0.1) is 7.11 Å². The van der Waals surface area contributed by atoms with Crippen LogP contribution < -0.4 is 0 Å². The molecule has 0 aliphatic carbocycles. The van der Waals surface area contributed by atoms with Crippen LogP contribution in [0.4, 0.5) is 0 Å². The molecule has 0 heterocycles. The van der Waals surface area contributed by atoms with Crippen LogP contribution in [0.25, 0.3) is 0 Å². The van der Waals surface area contributed by atoms with E-state index in [1.165, 1.54) is 0 Å². The maximum Gasteiger partial charge on any atom is 0.466 e. The zero-order valence-electron chi connectivity index (χ0n) is 4.06. The molecule has 0 saturated heterocycles. The Morgan fingerprint density at radius 3 is 1.12 bits per heavy atom. The summed E-state index contributed by atoms with van der Waals surface area (Å²) in [6.07, 6.45) is 0. The molecule has 0 aromatic carbocycles. The number of phosphoric acid groups is 1. The van der Waals surface area contributed by atoms with E-state index in [4.69, 9.17) is 24.4 Å². The van der Waals surface area contributed by atoms with Gasteiger partial charge in [-0.25, -0.2) is 11.7 Å². The van der Waals surface area contributed by atoms with Gasteiger partial charge in [-0.05, 0) is 0 Å². The molecule has 0 amide bonds. The monoisotopic (exact) mass is 193 g/mol. The van der Waals surface area contributed by atoms with Gasteiger partial charge in [0.25, 0.3) is 0 Å². The Morgan fingerprint density at radius 1 is 1.12 bits per heavy atom. The molecule has 0 rings (SSSR count). The zero-order chi connectivity index (χ0) is 6.50. The van der Waals surface area contributed by atoms with Crippen molar-refractivity contribution in [1.29, 1.82) is 0 Å². The van der Waals surface area contributed by atoms with Gasteiger partial charge in [0.05, 0.1) is 0 Å². The van der Waals surface area contributed by atoms with Gasteiger partial charge in [0.15, 0.2) is 0 Å². The summed E-state index contributed by atoms with van der Waals surface area (Å²) < 4.78 is 8.88. The molecule has 48 valence electrons. The first kappa shape index (κ1) is 15.9. The second-order valence-corrected chi connectivity index (χ2v) is 1.54. The fraction of sp³-hybridized carbons (Fsp3) is 0. The van der Waals surface area contributed by atoms with Crippen LogP contribution in [0.3, 0.4) is 0 Å². The summed E-state index contributed by atoms with van der Waals surface area (Å²) in [5.41, 5.74) is 0. The molecule has 0 aliphatic rings. The van der Waals surface area contributed by atoms with Crippen LogP contribution in [0.2, 0.25) is 0 Å². The summed E-state index contributed by atoms with van der Waals surface area (Å²) in [6, 6.07) is 0. The number of aliphatic hydroxyl groups is 1. The van der Waals surface area contributed by atoms with Crippen LogP contribution >= 0.6 is 7.82 Å². The molecule has 0 saturated carbocycles. The Bertz CT molecular complexity index is 58.6. The van der Waals surface area contributed by atoms with Gasteiger partial charge < -0.3 is 19.8 Å². The molecule has 0 aromatic heterocycles. The number of hydrogen-bond donors (Lipinski definition) is 4. The van der Waals surface area contributed by atoms with Gasteiger partial charge in [-0.2, -0.15) is 0 Å². The van der Waals surface area contributed by atoms with Crippen LogP contribution in [-0.4, -0.2) is 19.8 Å². The maximum atomic E-state index is 8.88. The van der Waals surface area contributed by atoms with Gasteiger partial charge in [-0.15, -0.1) is 0 Å². The fourth-order valence-corrected chi connectivity index (χ4v) is 0. The quantitative estimate of drug-likeness (QED) is 0.230.